The highest BCUT2D eigenvalue weighted by atomic mass is 16.6. The monoisotopic (exact) mass is 428 g/mol. The molecule has 2 aromatic rings. The molecule has 0 saturated heterocycles. The van der Waals surface area contributed by atoms with Crippen LogP contribution in [-0.4, -0.2) is 65.4 Å². The average Bonchev–Trinajstić information content (AvgIpc) is 3.10. The first-order chi connectivity index (χ1) is 14.5. The zero-order valence-electron chi connectivity index (χ0n) is 18.5. The van der Waals surface area contributed by atoms with Crippen LogP contribution in [0.4, 0.5) is 27.8 Å². The Morgan fingerprint density at radius 2 is 1.94 bits per heavy atom. The van der Waals surface area contributed by atoms with E-state index >= 15 is 0 Å². The number of ether oxygens (including phenoxy) is 1. The van der Waals surface area contributed by atoms with Gasteiger partial charge in [-0.25, -0.2) is 4.79 Å². The third-order valence-corrected chi connectivity index (χ3v) is 4.74. The van der Waals surface area contributed by atoms with Crippen LogP contribution in [0.25, 0.3) is 0 Å². The lowest BCUT2D eigenvalue weighted by Gasteiger charge is -2.27. The number of fused-ring (bicyclic) bond motifs is 1. The van der Waals surface area contributed by atoms with Crippen molar-refractivity contribution < 1.29 is 14.5 Å². The predicted molar refractivity (Wildman–Crippen MR) is 118 cm³/mol. The van der Waals surface area contributed by atoms with Crippen LogP contribution < -0.4 is 9.80 Å². The molecule has 0 bridgehead atoms. The summed E-state index contributed by atoms with van der Waals surface area (Å²) in [5.74, 6) is 1.02. The number of carbonyl (C=O) groups excluding carboxylic acids is 1. The van der Waals surface area contributed by atoms with E-state index in [1.54, 1.807) is 24.3 Å². The Morgan fingerprint density at radius 1 is 1.19 bits per heavy atom. The summed E-state index contributed by atoms with van der Waals surface area (Å²) in [6, 6.07) is 8.37. The molecule has 2 heterocycles. The van der Waals surface area contributed by atoms with Crippen LogP contribution in [0, 0.1) is 10.1 Å². The molecule has 3 rings (SSSR count). The molecular weight excluding hydrogens is 400 g/mol. The molecule has 1 aromatic carbocycles. The third-order valence-electron chi connectivity index (χ3n) is 4.74. The maximum absolute atomic E-state index is 12.7. The molecule has 0 aliphatic carbocycles. The zero-order valence-corrected chi connectivity index (χ0v) is 18.5. The Morgan fingerprint density at radius 3 is 2.52 bits per heavy atom. The van der Waals surface area contributed by atoms with E-state index in [4.69, 9.17) is 4.74 Å². The van der Waals surface area contributed by atoms with E-state index in [0.29, 0.717) is 37.7 Å². The molecule has 1 aliphatic rings. The lowest BCUT2D eigenvalue weighted by molar-refractivity contribution is -0.384. The minimum Gasteiger partial charge on any atom is -0.443 e. The third kappa shape index (κ3) is 5.46. The van der Waals surface area contributed by atoms with Crippen LogP contribution in [0.5, 0.6) is 0 Å². The summed E-state index contributed by atoms with van der Waals surface area (Å²) >= 11 is 0. The molecule has 1 amide bonds. The molecule has 1 aromatic heterocycles. The van der Waals surface area contributed by atoms with Crippen molar-refractivity contribution in [2.75, 3.05) is 43.5 Å². The second kappa shape index (κ2) is 8.84. The molecule has 0 unspecified atom stereocenters. The van der Waals surface area contributed by atoms with E-state index in [1.165, 1.54) is 11.0 Å². The summed E-state index contributed by atoms with van der Waals surface area (Å²) in [7, 11) is 3.86. The smallest absolute Gasteiger partial charge is 0.416 e. The van der Waals surface area contributed by atoms with Crippen molar-refractivity contribution in [3.8, 4) is 0 Å². The van der Waals surface area contributed by atoms with Crippen molar-refractivity contribution in [3.05, 3.63) is 46.0 Å². The number of nitro groups is 1. The van der Waals surface area contributed by atoms with E-state index < -0.39 is 16.6 Å². The predicted octanol–water partition coefficient (Wildman–Crippen LogP) is 3.38. The summed E-state index contributed by atoms with van der Waals surface area (Å²) in [5.41, 5.74) is 1.24. The first-order valence-electron chi connectivity index (χ1n) is 10.1. The van der Waals surface area contributed by atoms with Gasteiger partial charge in [0.25, 0.3) is 5.69 Å². The van der Waals surface area contributed by atoms with Crippen LogP contribution in [0.15, 0.2) is 30.3 Å². The largest absolute Gasteiger partial charge is 0.443 e. The molecule has 0 radical (unpaired) electrons. The minimum atomic E-state index is -0.622. The molecule has 10 heteroatoms. The van der Waals surface area contributed by atoms with Crippen molar-refractivity contribution in [2.45, 2.75) is 32.8 Å². The normalized spacial score (nSPS) is 13.3. The van der Waals surface area contributed by atoms with Gasteiger partial charge in [0.05, 0.1) is 4.92 Å². The Kier molecular flexibility index (Phi) is 6.40. The lowest BCUT2D eigenvalue weighted by Crippen LogP contribution is -2.41. The number of nitro benzene ring substituents is 1. The van der Waals surface area contributed by atoms with Gasteiger partial charge in [0.2, 0.25) is 0 Å². The second-order valence-corrected chi connectivity index (χ2v) is 8.66. The number of amides is 1. The Bertz CT molecular complexity index is 955. The van der Waals surface area contributed by atoms with Crippen molar-refractivity contribution in [3.63, 3.8) is 0 Å². The van der Waals surface area contributed by atoms with Crippen molar-refractivity contribution in [1.29, 1.82) is 0 Å². The summed E-state index contributed by atoms with van der Waals surface area (Å²) in [4.78, 5) is 28.8. The van der Waals surface area contributed by atoms with Gasteiger partial charge in [-0.15, -0.1) is 10.2 Å². The molecule has 0 fully saturated rings. The molecule has 1 aliphatic heterocycles. The summed E-state index contributed by atoms with van der Waals surface area (Å²) < 4.78 is 5.53. The minimum absolute atomic E-state index is 0.0796. The number of anilines is 3. The first-order valence-corrected chi connectivity index (χ1v) is 10.1. The molecule has 166 valence electrons. The van der Waals surface area contributed by atoms with E-state index in [-0.39, 0.29) is 5.69 Å². The zero-order chi connectivity index (χ0) is 22.8. The van der Waals surface area contributed by atoms with Crippen LogP contribution in [-0.2, 0) is 11.2 Å². The van der Waals surface area contributed by atoms with E-state index in [9.17, 15) is 14.9 Å². The number of benzene rings is 1. The van der Waals surface area contributed by atoms with Crippen LogP contribution in [0.3, 0.4) is 0 Å². The number of carbonyl (C=O) groups is 1. The highest BCUT2D eigenvalue weighted by Crippen LogP contribution is 2.35. The molecule has 0 atom stereocenters. The van der Waals surface area contributed by atoms with Crippen molar-refractivity contribution in [1.82, 2.24) is 15.1 Å². The maximum Gasteiger partial charge on any atom is 0.416 e. The average molecular weight is 428 g/mol. The number of likely N-dealkylation sites (N-methyl/N-ethyl adjacent to an activating group) is 1. The SMILES string of the molecule is CN(C)CCN(C(=O)OC(C)(C)C)c1ccc(N2CCc3cc([N+](=O)[O-])ccc32)nn1. The molecule has 0 spiro atoms. The highest BCUT2D eigenvalue weighted by molar-refractivity contribution is 5.86. The number of hydrogen-bond donors (Lipinski definition) is 0. The van der Waals surface area contributed by atoms with Gasteiger partial charge in [-0.1, -0.05) is 0 Å². The Hall–Kier alpha value is -3.27. The van der Waals surface area contributed by atoms with Gasteiger partial charge in [-0.05, 0) is 65.0 Å². The van der Waals surface area contributed by atoms with Crippen molar-refractivity contribution in [2.24, 2.45) is 0 Å². The number of non-ortho nitro benzene ring substituents is 1. The molecule has 0 saturated carbocycles. The fourth-order valence-electron chi connectivity index (χ4n) is 3.26. The number of hydrogen-bond acceptors (Lipinski definition) is 8. The van der Waals surface area contributed by atoms with Gasteiger partial charge in [0, 0.05) is 37.5 Å². The summed E-state index contributed by atoms with van der Waals surface area (Å²) in [5, 5.41) is 19.6. The highest BCUT2D eigenvalue weighted by Gasteiger charge is 2.27. The molecule has 10 nitrogen and oxygen atoms in total. The van der Waals surface area contributed by atoms with Crippen molar-refractivity contribution >= 4 is 29.1 Å². The molecule has 0 N–H and O–H groups in total. The van der Waals surface area contributed by atoms with Crippen LogP contribution in [0.1, 0.15) is 26.3 Å². The lowest BCUT2D eigenvalue weighted by atomic mass is 10.1. The van der Waals surface area contributed by atoms with Gasteiger partial charge < -0.3 is 14.5 Å². The van der Waals surface area contributed by atoms with E-state index in [0.717, 1.165) is 11.3 Å². The van der Waals surface area contributed by atoms with E-state index in [2.05, 4.69) is 10.2 Å². The quantitative estimate of drug-likeness (QED) is 0.509. The van der Waals surface area contributed by atoms with Gasteiger partial charge >= 0.3 is 6.09 Å². The van der Waals surface area contributed by atoms with Gasteiger partial charge in [0.1, 0.15) is 5.60 Å². The Labute approximate surface area is 181 Å². The Balaban J connectivity index is 1.82. The second-order valence-electron chi connectivity index (χ2n) is 8.66. The fraction of sp³-hybridized carbons (Fsp3) is 0.476. The number of aromatic nitrogens is 2. The van der Waals surface area contributed by atoms with Gasteiger partial charge in [-0.3, -0.25) is 15.0 Å². The summed E-state index contributed by atoms with van der Waals surface area (Å²) in [6.45, 7) is 7.16. The maximum atomic E-state index is 12.7. The van der Waals surface area contributed by atoms with Gasteiger partial charge in [0.15, 0.2) is 11.6 Å². The van der Waals surface area contributed by atoms with E-state index in [1.807, 2.05) is 44.7 Å². The topological polar surface area (TPSA) is 105 Å². The molecular formula is C21H28N6O4. The fourth-order valence-corrected chi connectivity index (χ4v) is 3.26. The molecule has 31 heavy (non-hydrogen) atoms. The summed E-state index contributed by atoms with van der Waals surface area (Å²) in [6.07, 6.45) is 0.211. The first kappa shape index (κ1) is 22.4. The number of rotatable bonds is 6. The van der Waals surface area contributed by atoms with Crippen LogP contribution >= 0.6 is 0 Å². The number of nitrogens with zero attached hydrogens (tertiary/aromatic N) is 6. The van der Waals surface area contributed by atoms with Gasteiger partial charge in [-0.2, -0.15) is 0 Å². The van der Waals surface area contributed by atoms with Crippen LogP contribution in [0.2, 0.25) is 0 Å². The standard InChI is InChI=1S/C21H28N6O4/c1-21(2,3)31-20(28)26(13-12-24(4)5)19-9-8-18(22-23-19)25-11-10-15-14-16(27(29)30)6-7-17(15)25/h6-9,14H,10-13H2,1-5H3.